The number of aromatic amines is 2. The lowest BCUT2D eigenvalue weighted by atomic mass is 10.1. The van der Waals surface area contributed by atoms with Crippen molar-refractivity contribution in [3.05, 3.63) is 77.2 Å². The fourth-order valence-corrected chi connectivity index (χ4v) is 3.76. The Hall–Kier alpha value is -3.87. The van der Waals surface area contributed by atoms with Gasteiger partial charge in [0.2, 0.25) is 5.91 Å². The molecule has 29 heavy (non-hydrogen) atoms. The Labute approximate surface area is 166 Å². The lowest BCUT2D eigenvalue weighted by molar-refractivity contribution is 0.0726. The number of rotatable bonds is 3. The topological polar surface area (TPSA) is 108 Å². The van der Waals surface area contributed by atoms with E-state index in [0.29, 0.717) is 30.8 Å². The average molecular weight is 385 g/mol. The first-order valence-corrected chi connectivity index (χ1v) is 9.43. The highest BCUT2D eigenvalue weighted by Gasteiger charge is 2.25. The van der Waals surface area contributed by atoms with Crippen LogP contribution in [0.15, 0.2) is 54.6 Å². The molecule has 2 aromatic carbocycles. The molecule has 0 spiro atoms. The molecule has 4 aromatic rings. The van der Waals surface area contributed by atoms with Crippen LogP contribution < -0.4 is 5.73 Å². The van der Waals surface area contributed by atoms with Crippen molar-refractivity contribution in [3.63, 3.8) is 0 Å². The maximum absolute atomic E-state index is 13.0. The number of benzene rings is 2. The van der Waals surface area contributed by atoms with Crippen LogP contribution in [0.3, 0.4) is 0 Å². The molecular formula is C22H19N5O2. The van der Waals surface area contributed by atoms with Gasteiger partial charge in [-0.3, -0.25) is 9.59 Å². The predicted octanol–water partition coefficient (Wildman–Crippen LogP) is 2.86. The van der Waals surface area contributed by atoms with Gasteiger partial charge in [-0.25, -0.2) is 4.98 Å². The molecule has 5 rings (SSSR count). The van der Waals surface area contributed by atoms with E-state index in [-0.39, 0.29) is 5.91 Å². The molecule has 0 aliphatic carbocycles. The molecule has 7 nitrogen and oxygen atoms in total. The van der Waals surface area contributed by atoms with Crippen LogP contribution in [0.1, 0.15) is 32.2 Å². The van der Waals surface area contributed by atoms with E-state index >= 15 is 0 Å². The Morgan fingerprint density at radius 1 is 1.03 bits per heavy atom. The van der Waals surface area contributed by atoms with E-state index in [9.17, 15) is 9.59 Å². The smallest absolute Gasteiger partial charge is 0.270 e. The molecule has 0 radical (unpaired) electrons. The van der Waals surface area contributed by atoms with Gasteiger partial charge in [0.25, 0.3) is 5.91 Å². The zero-order valence-corrected chi connectivity index (χ0v) is 15.6. The lowest BCUT2D eigenvalue weighted by Crippen LogP contribution is -2.36. The summed E-state index contributed by atoms with van der Waals surface area (Å²) in [6.07, 6.45) is 0.692. The molecule has 0 atom stereocenters. The van der Waals surface area contributed by atoms with E-state index in [0.717, 1.165) is 33.7 Å². The molecule has 1 aliphatic rings. The summed E-state index contributed by atoms with van der Waals surface area (Å²) < 4.78 is 0. The van der Waals surface area contributed by atoms with Crippen LogP contribution in [-0.4, -0.2) is 38.2 Å². The monoisotopic (exact) mass is 385 g/mol. The molecule has 2 aromatic heterocycles. The second-order valence-corrected chi connectivity index (χ2v) is 7.20. The average Bonchev–Trinajstić information content (AvgIpc) is 3.36. The van der Waals surface area contributed by atoms with Crippen molar-refractivity contribution in [1.82, 2.24) is 19.9 Å². The van der Waals surface area contributed by atoms with Gasteiger partial charge in [0.15, 0.2) is 0 Å². The van der Waals surface area contributed by atoms with E-state index < -0.39 is 5.91 Å². The fraction of sp³-hybridized carbons (Fsp3) is 0.136. The molecule has 4 N–H and O–H groups in total. The van der Waals surface area contributed by atoms with E-state index in [2.05, 4.69) is 15.0 Å². The number of hydrogen-bond donors (Lipinski definition) is 3. The number of nitrogens with zero attached hydrogens (tertiary/aromatic N) is 2. The Bertz CT molecular complexity index is 1200. The summed E-state index contributed by atoms with van der Waals surface area (Å²) in [4.78, 5) is 37.3. The number of para-hydroxylation sites is 1. The summed E-state index contributed by atoms with van der Waals surface area (Å²) in [6.45, 7) is 1.10. The molecule has 2 amide bonds. The van der Waals surface area contributed by atoms with Crippen molar-refractivity contribution in [3.8, 4) is 11.4 Å². The minimum absolute atomic E-state index is 0.0196. The number of H-pyrrole nitrogens is 2. The number of hydrogen-bond acceptors (Lipinski definition) is 3. The van der Waals surface area contributed by atoms with Gasteiger partial charge in [0, 0.05) is 35.0 Å². The third kappa shape index (κ3) is 3.06. The molecule has 1 aliphatic heterocycles. The number of amides is 2. The van der Waals surface area contributed by atoms with E-state index in [1.807, 2.05) is 47.4 Å². The van der Waals surface area contributed by atoms with Gasteiger partial charge in [-0.2, -0.15) is 0 Å². The van der Waals surface area contributed by atoms with Crippen LogP contribution in [0.2, 0.25) is 0 Å². The van der Waals surface area contributed by atoms with Crippen molar-refractivity contribution >= 4 is 22.7 Å². The standard InChI is InChI=1S/C22H19N5O2/c23-20(28)13-5-7-14(8-6-13)21-25-17-9-10-27(12-19(17)26-21)22(29)18-11-15-3-1-2-4-16(15)24-18/h1-8,11,24H,9-10,12H2,(H2,23,28)(H,25,26). The van der Waals surface area contributed by atoms with Crippen LogP contribution in [0, 0.1) is 0 Å². The minimum atomic E-state index is -0.457. The SMILES string of the molecule is NC(=O)c1ccc(-c2nc3c([nH]2)CN(C(=O)c2cc4ccccc4[nH]2)CC3)cc1. The number of fused-ring (bicyclic) bond motifs is 2. The first-order valence-electron chi connectivity index (χ1n) is 9.43. The van der Waals surface area contributed by atoms with Gasteiger partial charge in [-0.1, -0.05) is 30.3 Å². The number of carbonyl (C=O) groups excluding carboxylic acids is 2. The Balaban J connectivity index is 1.38. The quantitative estimate of drug-likeness (QED) is 0.505. The summed E-state index contributed by atoms with van der Waals surface area (Å²) in [5, 5.41) is 1.02. The molecule has 0 saturated heterocycles. The van der Waals surface area contributed by atoms with Crippen LogP contribution in [-0.2, 0) is 13.0 Å². The molecule has 7 heteroatoms. The maximum Gasteiger partial charge on any atom is 0.270 e. The minimum Gasteiger partial charge on any atom is -0.366 e. The zero-order chi connectivity index (χ0) is 20.0. The van der Waals surface area contributed by atoms with Gasteiger partial charge in [0.1, 0.15) is 11.5 Å². The molecule has 144 valence electrons. The van der Waals surface area contributed by atoms with Gasteiger partial charge in [-0.15, -0.1) is 0 Å². The first kappa shape index (κ1) is 17.2. The fourth-order valence-electron chi connectivity index (χ4n) is 3.76. The van der Waals surface area contributed by atoms with Crippen LogP contribution >= 0.6 is 0 Å². The summed E-state index contributed by atoms with van der Waals surface area (Å²) >= 11 is 0. The second kappa shape index (κ2) is 6.63. The Kier molecular flexibility index (Phi) is 3.94. The normalized spacial score (nSPS) is 13.4. The molecule has 0 unspecified atom stereocenters. The van der Waals surface area contributed by atoms with Crippen molar-refractivity contribution < 1.29 is 9.59 Å². The predicted molar refractivity (Wildman–Crippen MR) is 109 cm³/mol. The maximum atomic E-state index is 13.0. The van der Waals surface area contributed by atoms with Gasteiger partial charge in [0.05, 0.1) is 17.9 Å². The molecule has 0 saturated carbocycles. The van der Waals surface area contributed by atoms with Crippen LogP contribution in [0.4, 0.5) is 0 Å². The van der Waals surface area contributed by atoms with E-state index in [1.165, 1.54) is 0 Å². The number of primary amides is 1. The number of nitrogens with two attached hydrogens (primary N) is 1. The highest BCUT2D eigenvalue weighted by Crippen LogP contribution is 2.25. The van der Waals surface area contributed by atoms with Crippen molar-refractivity contribution in [1.29, 1.82) is 0 Å². The summed E-state index contributed by atoms with van der Waals surface area (Å²) in [7, 11) is 0. The van der Waals surface area contributed by atoms with Crippen molar-refractivity contribution in [2.45, 2.75) is 13.0 Å². The summed E-state index contributed by atoms with van der Waals surface area (Å²) in [5.41, 5.74) is 10.1. The van der Waals surface area contributed by atoms with Crippen molar-refractivity contribution in [2.24, 2.45) is 5.73 Å². The number of imidazole rings is 1. The first-order chi connectivity index (χ1) is 14.1. The molecule has 0 bridgehead atoms. The molecule has 0 fully saturated rings. The Morgan fingerprint density at radius 3 is 2.59 bits per heavy atom. The van der Waals surface area contributed by atoms with Crippen LogP contribution in [0.25, 0.3) is 22.3 Å². The van der Waals surface area contributed by atoms with Gasteiger partial charge < -0.3 is 20.6 Å². The van der Waals surface area contributed by atoms with E-state index in [1.54, 1.807) is 12.1 Å². The number of aromatic nitrogens is 3. The molecule has 3 heterocycles. The third-order valence-electron chi connectivity index (χ3n) is 5.32. The summed E-state index contributed by atoms with van der Waals surface area (Å²) in [6, 6.07) is 16.8. The highest BCUT2D eigenvalue weighted by atomic mass is 16.2. The van der Waals surface area contributed by atoms with E-state index in [4.69, 9.17) is 5.73 Å². The summed E-state index contributed by atoms with van der Waals surface area (Å²) in [5.74, 6) is 0.251. The largest absolute Gasteiger partial charge is 0.366 e. The third-order valence-corrected chi connectivity index (χ3v) is 5.32. The van der Waals surface area contributed by atoms with Crippen LogP contribution in [0.5, 0.6) is 0 Å². The van der Waals surface area contributed by atoms with Gasteiger partial charge >= 0.3 is 0 Å². The second-order valence-electron chi connectivity index (χ2n) is 7.20. The lowest BCUT2D eigenvalue weighted by Gasteiger charge is -2.25. The zero-order valence-electron chi connectivity index (χ0n) is 15.6. The number of nitrogens with one attached hydrogen (secondary N) is 2. The number of carbonyl (C=O) groups is 2. The highest BCUT2D eigenvalue weighted by molar-refractivity contribution is 5.98. The van der Waals surface area contributed by atoms with Crippen molar-refractivity contribution in [2.75, 3.05) is 6.54 Å². The molecular weight excluding hydrogens is 366 g/mol. The van der Waals surface area contributed by atoms with Gasteiger partial charge in [-0.05, 0) is 24.3 Å². The Morgan fingerprint density at radius 2 is 1.83 bits per heavy atom.